The van der Waals surface area contributed by atoms with Gasteiger partial charge in [0.05, 0.1) is 17.0 Å². The molecule has 8 heteroatoms. The van der Waals surface area contributed by atoms with Gasteiger partial charge in [-0.05, 0) is 37.1 Å². The van der Waals surface area contributed by atoms with Crippen LogP contribution >= 0.6 is 11.6 Å². The van der Waals surface area contributed by atoms with Crippen LogP contribution < -0.4 is 9.62 Å². The number of nitrogens with one attached hydrogen (secondary N) is 1. The first kappa shape index (κ1) is 20.2. The van der Waals surface area contributed by atoms with Crippen LogP contribution in [0.1, 0.15) is 16.7 Å². The van der Waals surface area contributed by atoms with Crippen molar-refractivity contribution in [3.63, 3.8) is 0 Å². The van der Waals surface area contributed by atoms with Gasteiger partial charge in [0.1, 0.15) is 12.4 Å². The Morgan fingerprint density at radius 3 is 2.46 bits per heavy atom. The van der Waals surface area contributed by atoms with Crippen molar-refractivity contribution in [3.8, 4) is 0 Å². The van der Waals surface area contributed by atoms with Crippen molar-refractivity contribution < 1.29 is 17.6 Å². The summed E-state index contributed by atoms with van der Waals surface area (Å²) in [5.74, 6) is -1.00. The van der Waals surface area contributed by atoms with Gasteiger partial charge >= 0.3 is 0 Å². The molecule has 140 valence electrons. The van der Waals surface area contributed by atoms with E-state index in [4.69, 9.17) is 11.6 Å². The quantitative estimate of drug-likeness (QED) is 0.812. The molecule has 1 amide bonds. The molecular weight excluding hydrogens is 379 g/mol. The fraction of sp³-hybridized carbons (Fsp3) is 0.278. The molecule has 2 aromatic carbocycles. The van der Waals surface area contributed by atoms with Crippen LogP contribution in [-0.2, 0) is 21.4 Å². The zero-order chi connectivity index (χ0) is 19.5. The summed E-state index contributed by atoms with van der Waals surface area (Å²) in [5, 5.41) is 2.78. The Morgan fingerprint density at radius 2 is 1.88 bits per heavy atom. The average molecular weight is 399 g/mol. The Labute approximate surface area is 157 Å². The van der Waals surface area contributed by atoms with Crippen LogP contribution in [0.4, 0.5) is 10.1 Å². The topological polar surface area (TPSA) is 66.5 Å². The lowest BCUT2D eigenvalue weighted by Crippen LogP contribution is -2.40. The van der Waals surface area contributed by atoms with Gasteiger partial charge in [-0.15, -0.1) is 0 Å². The van der Waals surface area contributed by atoms with Crippen molar-refractivity contribution >= 4 is 33.2 Å². The van der Waals surface area contributed by atoms with Gasteiger partial charge in [-0.25, -0.2) is 12.8 Å². The van der Waals surface area contributed by atoms with E-state index in [9.17, 15) is 17.6 Å². The van der Waals surface area contributed by atoms with Gasteiger partial charge in [0, 0.05) is 12.1 Å². The second-order valence-corrected chi connectivity index (χ2v) is 8.36. The number of sulfonamides is 1. The minimum absolute atomic E-state index is 0.0380. The van der Waals surface area contributed by atoms with Crippen LogP contribution in [0.5, 0.6) is 0 Å². The first-order valence-electron chi connectivity index (χ1n) is 7.84. The smallest absolute Gasteiger partial charge is 0.241 e. The van der Waals surface area contributed by atoms with E-state index in [0.717, 1.165) is 16.1 Å². The Bertz CT molecular complexity index is 909. The number of benzene rings is 2. The SMILES string of the molecule is Cc1cc(C)c(N(CC(=O)NCc2ccccc2F)S(C)(=O)=O)c(Cl)c1. The van der Waals surface area contributed by atoms with Gasteiger partial charge in [-0.3, -0.25) is 9.10 Å². The van der Waals surface area contributed by atoms with Gasteiger partial charge < -0.3 is 5.32 Å². The normalized spacial score (nSPS) is 11.3. The Balaban J connectivity index is 2.22. The lowest BCUT2D eigenvalue weighted by molar-refractivity contribution is -0.119. The molecule has 2 aromatic rings. The summed E-state index contributed by atoms with van der Waals surface area (Å²) in [5.41, 5.74) is 2.10. The van der Waals surface area contributed by atoms with Crippen LogP contribution in [0.3, 0.4) is 0 Å². The van der Waals surface area contributed by atoms with Crippen LogP contribution in [0, 0.1) is 19.7 Å². The second-order valence-electron chi connectivity index (χ2n) is 6.05. The van der Waals surface area contributed by atoms with E-state index in [1.54, 1.807) is 37.3 Å². The third-order valence-electron chi connectivity index (χ3n) is 3.77. The largest absolute Gasteiger partial charge is 0.350 e. The molecule has 5 nitrogen and oxygen atoms in total. The summed E-state index contributed by atoms with van der Waals surface area (Å²) in [4.78, 5) is 12.3. The highest BCUT2D eigenvalue weighted by atomic mass is 35.5. The zero-order valence-corrected chi connectivity index (χ0v) is 16.3. The van der Waals surface area contributed by atoms with E-state index in [0.29, 0.717) is 11.1 Å². The fourth-order valence-electron chi connectivity index (χ4n) is 2.61. The van der Waals surface area contributed by atoms with Crippen molar-refractivity contribution in [1.29, 1.82) is 0 Å². The molecule has 0 aliphatic heterocycles. The molecule has 0 atom stereocenters. The standard InChI is InChI=1S/C18H20ClFN2O3S/c1-12-8-13(2)18(15(19)9-12)22(26(3,24)25)11-17(23)21-10-14-6-4-5-7-16(14)20/h4-9H,10-11H2,1-3H3,(H,21,23). The molecule has 0 aliphatic rings. The van der Waals surface area contributed by atoms with E-state index in [-0.39, 0.29) is 17.3 Å². The number of hydrogen-bond acceptors (Lipinski definition) is 3. The Hall–Kier alpha value is -2.12. The predicted molar refractivity (Wildman–Crippen MR) is 101 cm³/mol. The molecule has 0 aromatic heterocycles. The summed E-state index contributed by atoms with van der Waals surface area (Å²) >= 11 is 6.23. The highest BCUT2D eigenvalue weighted by molar-refractivity contribution is 7.92. The van der Waals surface area contributed by atoms with Gasteiger partial charge in [-0.2, -0.15) is 0 Å². The van der Waals surface area contributed by atoms with E-state index >= 15 is 0 Å². The minimum atomic E-state index is -3.75. The maximum Gasteiger partial charge on any atom is 0.241 e. The van der Waals surface area contributed by atoms with Crippen molar-refractivity contribution in [2.75, 3.05) is 17.1 Å². The van der Waals surface area contributed by atoms with Crippen molar-refractivity contribution in [1.82, 2.24) is 5.32 Å². The molecule has 0 spiro atoms. The van der Waals surface area contributed by atoms with Crippen LogP contribution in [0.2, 0.25) is 5.02 Å². The molecule has 0 saturated heterocycles. The molecule has 1 N–H and O–H groups in total. The molecule has 0 heterocycles. The molecule has 0 saturated carbocycles. The third-order valence-corrected chi connectivity index (χ3v) is 5.17. The Kier molecular flexibility index (Phi) is 6.26. The van der Waals surface area contributed by atoms with Crippen LogP contribution in [0.15, 0.2) is 36.4 Å². The molecule has 0 aliphatic carbocycles. The number of aryl methyl sites for hydroxylation is 2. The van der Waals surface area contributed by atoms with Gasteiger partial charge in [0.25, 0.3) is 0 Å². The van der Waals surface area contributed by atoms with Crippen LogP contribution in [-0.4, -0.2) is 27.1 Å². The van der Waals surface area contributed by atoms with Crippen molar-refractivity contribution in [2.24, 2.45) is 0 Å². The number of amides is 1. The van der Waals surface area contributed by atoms with E-state index in [1.165, 1.54) is 6.07 Å². The monoisotopic (exact) mass is 398 g/mol. The third kappa shape index (κ3) is 4.95. The number of halogens is 2. The maximum atomic E-state index is 13.6. The number of hydrogen-bond donors (Lipinski definition) is 1. The number of nitrogens with zero attached hydrogens (tertiary/aromatic N) is 1. The summed E-state index contributed by atoms with van der Waals surface area (Å²) in [6.45, 7) is 3.08. The molecule has 0 fully saturated rings. The highest BCUT2D eigenvalue weighted by Gasteiger charge is 2.25. The zero-order valence-electron chi connectivity index (χ0n) is 14.7. The summed E-state index contributed by atoms with van der Waals surface area (Å²) in [6.07, 6.45) is 1.01. The van der Waals surface area contributed by atoms with Crippen molar-refractivity contribution in [3.05, 3.63) is 63.9 Å². The first-order chi connectivity index (χ1) is 12.1. The molecule has 0 bridgehead atoms. The predicted octanol–water partition coefficient (Wildman–Crippen LogP) is 3.18. The maximum absolute atomic E-state index is 13.6. The van der Waals surface area contributed by atoms with Gasteiger partial charge in [-0.1, -0.05) is 35.9 Å². The summed E-state index contributed by atoms with van der Waals surface area (Å²) < 4.78 is 39.0. The lowest BCUT2D eigenvalue weighted by atomic mass is 10.1. The molecule has 26 heavy (non-hydrogen) atoms. The minimum Gasteiger partial charge on any atom is -0.350 e. The molecule has 2 rings (SSSR count). The Morgan fingerprint density at radius 1 is 1.23 bits per heavy atom. The molecule has 0 radical (unpaired) electrons. The summed E-state index contributed by atoms with van der Waals surface area (Å²) in [6, 6.07) is 9.47. The number of rotatable bonds is 6. The van der Waals surface area contributed by atoms with E-state index in [1.807, 2.05) is 6.92 Å². The molecular formula is C18H20ClFN2O3S. The van der Waals surface area contributed by atoms with Gasteiger partial charge in [0.2, 0.25) is 15.9 Å². The van der Waals surface area contributed by atoms with Crippen molar-refractivity contribution in [2.45, 2.75) is 20.4 Å². The number of anilines is 1. The number of carbonyl (C=O) groups is 1. The lowest BCUT2D eigenvalue weighted by Gasteiger charge is -2.25. The first-order valence-corrected chi connectivity index (χ1v) is 10.1. The van der Waals surface area contributed by atoms with Crippen LogP contribution in [0.25, 0.3) is 0 Å². The highest BCUT2D eigenvalue weighted by Crippen LogP contribution is 2.32. The summed E-state index contributed by atoms with van der Waals surface area (Å²) in [7, 11) is -3.75. The van der Waals surface area contributed by atoms with E-state index < -0.39 is 28.3 Å². The van der Waals surface area contributed by atoms with Gasteiger partial charge in [0.15, 0.2) is 0 Å². The fourth-order valence-corrected chi connectivity index (χ4v) is 4.01. The van der Waals surface area contributed by atoms with E-state index in [2.05, 4.69) is 5.32 Å². The average Bonchev–Trinajstić information content (AvgIpc) is 2.51. The number of carbonyl (C=O) groups excluding carboxylic acids is 1. The second kappa shape index (κ2) is 8.05. The molecule has 0 unspecified atom stereocenters.